The van der Waals surface area contributed by atoms with Crippen molar-refractivity contribution < 1.29 is 18.3 Å². The Morgan fingerprint density at radius 3 is 2.70 bits per heavy atom. The number of alkyl halides is 3. The maximum Gasteiger partial charge on any atom is 0.416 e. The van der Waals surface area contributed by atoms with Gasteiger partial charge >= 0.3 is 6.18 Å². The molecule has 1 rings (SSSR count). The molecule has 1 aromatic rings. The standard InChI is InChI=1S/C15H18F3NO/c1-2-3-4-5-9-19-11-14(20)12-7-6-8-13(10-12)15(16,17)18/h1,6-8,10,14,19-20H,3-5,9,11H2. The summed E-state index contributed by atoms with van der Waals surface area (Å²) in [7, 11) is 0. The first kappa shape index (κ1) is 16.5. The lowest BCUT2D eigenvalue weighted by Crippen LogP contribution is -2.22. The Labute approximate surface area is 117 Å². The van der Waals surface area contributed by atoms with Crippen molar-refractivity contribution in [3.63, 3.8) is 0 Å². The van der Waals surface area contributed by atoms with E-state index in [-0.39, 0.29) is 12.1 Å². The van der Waals surface area contributed by atoms with E-state index in [1.165, 1.54) is 12.1 Å². The largest absolute Gasteiger partial charge is 0.416 e. The van der Waals surface area contributed by atoms with Crippen LogP contribution in [0, 0.1) is 12.3 Å². The second-order valence-electron chi connectivity index (χ2n) is 4.50. The molecule has 0 saturated heterocycles. The Morgan fingerprint density at radius 2 is 2.05 bits per heavy atom. The van der Waals surface area contributed by atoms with Gasteiger partial charge in [-0.3, -0.25) is 0 Å². The first-order valence-corrected chi connectivity index (χ1v) is 6.44. The van der Waals surface area contributed by atoms with Gasteiger partial charge in [-0.25, -0.2) is 0 Å². The molecule has 0 bridgehead atoms. The molecule has 0 radical (unpaired) electrons. The van der Waals surface area contributed by atoms with Crippen LogP contribution in [0.2, 0.25) is 0 Å². The Hall–Kier alpha value is -1.51. The summed E-state index contributed by atoms with van der Waals surface area (Å²) in [6, 6.07) is 4.75. The molecule has 0 aliphatic rings. The number of benzene rings is 1. The molecule has 0 aliphatic carbocycles. The average Bonchev–Trinajstić information content (AvgIpc) is 2.41. The fraction of sp³-hybridized carbons (Fsp3) is 0.467. The number of hydrogen-bond acceptors (Lipinski definition) is 2. The number of terminal acetylenes is 1. The fourth-order valence-electron chi connectivity index (χ4n) is 1.76. The quantitative estimate of drug-likeness (QED) is 0.596. The lowest BCUT2D eigenvalue weighted by Gasteiger charge is -2.14. The molecule has 1 atom stereocenters. The van der Waals surface area contributed by atoms with Crippen LogP contribution in [0.25, 0.3) is 0 Å². The molecular formula is C15H18F3NO. The van der Waals surface area contributed by atoms with E-state index in [0.717, 1.165) is 25.0 Å². The summed E-state index contributed by atoms with van der Waals surface area (Å²) in [4.78, 5) is 0. The van der Waals surface area contributed by atoms with Gasteiger partial charge in [0.25, 0.3) is 0 Å². The lowest BCUT2D eigenvalue weighted by atomic mass is 10.1. The maximum absolute atomic E-state index is 12.5. The average molecular weight is 285 g/mol. The zero-order valence-corrected chi connectivity index (χ0v) is 11.1. The van der Waals surface area contributed by atoms with Gasteiger partial charge in [0.15, 0.2) is 0 Å². The topological polar surface area (TPSA) is 32.3 Å². The number of rotatable bonds is 7. The van der Waals surface area contributed by atoms with Crippen molar-refractivity contribution in [3.8, 4) is 12.3 Å². The molecular weight excluding hydrogens is 267 g/mol. The van der Waals surface area contributed by atoms with Gasteiger partial charge in [0.1, 0.15) is 0 Å². The molecule has 0 heterocycles. The van der Waals surface area contributed by atoms with Crippen LogP contribution < -0.4 is 5.32 Å². The van der Waals surface area contributed by atoms with E-state index in [0.29, 0.717) is 13.0 Å². The van der Waals surface area contributed by atoms with Gasteiger partial charge in [-0.2, -0.15) is 13.2 Å². The minimum Gasteiger partial charge on any atom is -0.387 e. The summed E-state index contributed by atoms with van der Waals surface area (Å²) in [5.41, 5.74) is -0.487. The number of aliphatic hydroxyl groups is 1. The molecule has 0 fully saturated rings. The van der Waals surface area contributed by atoms with E-state index in [4.69, 9.17) is 6.42 Å². The van der Waals surface area contributed by atoms with Crippen molar-refractivity contribution in [1.29, 1.82) is 0 Å². The monoisotopic (exact) mass is 285 g/mol. The number of hydrogen-bond donors (Lipinski definition) is 2. The number of halogens is 3. The van der Waals surface area contributed by atoms with Gasteiger partial charge < -0.3 is 10.4 Å². The summed E-state index contributed by atoms with van der Waals surface area (Å²) in [6.07, 6.45) is 2.24. The van der Waals surface area contributed by atoms with Gasteiger partial charge in [0, 0.05) is 13.0 Å². The Bertz CT molecular complexity index is 451. The summed E-state index contributed by atoms with van der Waals surface area (Å²) >= 11 is 0. The zero-order chi connectivity index (χ0) is 15.0. The van der Waals surface area contributed by atoms with Crippen LogP contribution in [-0.2, 0) is 6.18 Å². The van der Waals surface area contributed by atoms with E-state index in [2.05, 4.69) is 11.2 Å². The smallest absolute Gasteiger partial charge is 0.387 e. The molecule has 0 saturated carbocycles. The Morgan fingerprint density at radius 1 is 1.30 bits per heavy atom. The highest BCUT2D eigenvalue weighted by atomic mass is 19.4. The summed E-state index contributed by atoms with van der Waals surface area (Å²) in [5, 5.41) is 12.9. The molecule has 0 amide bonds. The van der Waals surface area contributed by atoms with E-state index in [9.17, 15) is 18.3 Å². The Balaban J connectivity index is 2.44. The molecule has 2 nitrogen and oxygen atoms in total. The van der Waals surface area contributed by atoms with Crippen LogP contribution in [0.4, 0.5) is 13.2 Å². The molecule has 1 aromatic carbocycles. The highest BCUT2D eigenvalue weighted by molar-refractivity contribution is 5.27. The molecule has 0 aliphatic heterocycles. The molecule has 2 N–H and O–H groups in total. The summed E-state index contributed by atoms with van der Waals surface area (Å²) in [6.45, 7) is 0.898. The van der Waals surface area contributed by atoms with Gasteiger partial charge in [-0.05, 0) is 37.1 Å². The van der Waals surface area contributed by atoms with Gasteiger partial charge in [-0.1, -0.05) is 12.1 Å². The third kappa shape index (κ3) is 5.64. The predicted molar refractivity (Wildman–Crippen MR) is 72.0 cm³/mol. The van der Waals surface area contributed by atoms with Crippen LogP contribution in [0.15, 0.2) is 24.3 Å². The number of unbranched alkanes of at least 4 members (excludes halogenated alkanes) is 2. The lowest BCUT2D eigenvalue weighted by molar-refractivity contribution is -0.137. The second-order valence-corrected chi connectivity index (χ2v) is 4.50. The van der Waals surface area contributed by atoms with Crippen molar-refractivity contribution in [2.45, 2.75) is 31.5 Å². The third-order valence-corrected chi connectivity index (χ3v) is 2.86. The van der Waals surface area contributed by atoms with Crippen molar-refractivity contribution in [3.05, 3.63) is 35.4 Å². The molecule has 20 heavy (non-hydrogen) atoms. The predicted octanol–water partition coefficient (Wildman–Crippen LogP) is 3.13. The molecule has 5 heteroatoms. The Kier molecular flexibility index (Phi) is 6.56. The third-order valence-electron chi connectivity index (χ3n) is 2.86. The molecule has 1 unspecified atom stereocenters. The van der Waals surface area contributed by atoms with Crippen molar-refractivity contribution in [1.82, 2.24) is 5.32 Å². The zero-order valence-electron chi connectivity index (χ0n) is 11.1. The van der Waals surface area contributed by atoms with E-state index in [1.807, 2.05) is 0 Å². The fourth-order valence-corrected chi connectivity index (χ4v) is 1.76. The first-order valence-electron chi connectivity index (χ1n) is 6.44. The summed E-state index contributed by atoms with van der Waals surface area (Å²) in [5.74, 6) is 2.53. The molecule has 0 aromatic heterocycles. The van der Waals surface area contributed by atoms with E-state index in [1.54, 1.807) is 0 Å². The van der Waals surface area contributed by atoms with Gasteiger partial charge in [0.2, 0.25) is 0 Å². The highest BCUT2D eigenvalue weighted by Gasteiger charge is 2.30. The normalized spacial score (nSPS) is 12.9. The van der Waals surface area contributed by atoms with Crippen LogP contribution in [0.5, 0.6) is 0 Å². The van der Waals surface area contributed by atoms with Crippen LogP contribution in [0.1, 0.15) is 36.5 Å². The SMILES string of the molecule is C#CCCCCNCC(O)c1cccc(C(F)(F)F)c1. The molecule has 110 valence electrons. The van der Waals surface area contributed by atoms with E-state index >= 15 is 0 Å². The first-order chi connectivity index (χ1) is 9.45. The van der Waals surface area contributed by atoms with Crippen molar-refractivity contribution in [2.75, 3.05) is 13.1 Å². The highest BCUT2D eigenvalue weighted by Crippen LogP contribution is 2.30. The number of aliphatic hydroxyl groups excluding tert-OH is 1. The summed E-state index contributed by atoms with van der Waals surface area (Å²) < 4.78 is 37.6. The minimum absolute atomic E-state index is 0.220. The van der Waals surface area contributed by atoms with Gasteiger partial charge in [-0.15, -0.1) is 12.3 Å². The van der Waals surface area contributed by atoms with Crippen LogP contribution in [-0.4, -0.2) is 18.2 Å². The minimum atomic E-state index is -4.39. The molecule has 0 spiro atoms. The maximum atomic E-state index is 12.5. The van der Waals surface area contributed by atoms with Crippen LogP contribution >= 0.6 is 0 Å². The number of nitrogens with one attached hydrogen (secondary N) is 1. The van der Waals surface area contributed by atoms with Crippen LogP contribution in [0.3, 0.4) is 0 Å². The van der Waals surface area contributed by atoms with Crippen molar-refractivity contribution >= 4 is 0 Å². The van der Waals surface area contributed by atoms with Gasteiger partial charge in [0.05, 0.1) is 11.7 Å². The second kappa shape index (κ2) is 7.93. The van der Waals surface area contributed by atoms with E-state index < -0.39 is 17.8 Å². The van der Waals surface area contributed by atoms with Crippen molar-refractivity contribution in [2.24, 2.45) is 0 Å².